The molecule has 1 saturated heterocycles. The number of hydrogen-bond donors (Lipinski definition) is 1. The first kappa shape index (κ1) is 11.4. The molecular weight excluding hydrogens is 184 g/mol. The molecule has 2 aliphatic rings. The van der Waals surface area contributed by atoms with Crippen LogP contribution in [0.1, 0.15) is 52.4 Å². The Hall–Kier alpha value is -0.0800. The number of hydrogen-bond acceptors (Lipinski definition) is 2. The van der Waals surface area contributed by atoms with Gasteiger partial charge in [-0.25, -0.2) is 0 Å². The summed E-state index contributed by atoms with van der Waals surface area (Å²) in [5, 5.41) is 0. The summed E-state index contributed by atoms with van der Waals surface area (Å²) in [6.45, 7) is 7.36. The van der Waals surface area contributed by atoms with Gasteiger partial charge in [-0.1, -0.05) is 26.7 Å². The van der Waals surface area contributed by atoms with Crippen LogP contribution in [0.15, 0.2) is 0 Å². The van der Waals surface area contributed by atoms with Gasteiger partial charge in [0.1, 0.15) is 0 Å². The van der Waals surface area contributed by atoms with Crippen LogP contribution in [0.4, 0.5) is 0 Å². The van der Waals surface area contributed by atoms with E-state index in [1.54, 1.807) is 0 Å². The summed E-state index contributed by atoms with van der Waals surface area (Å²) in [5.74, 6) is 0. The summed E-state index contributed by atoms with van der Waals surface area (Å²) in [4.78, 5) is 2.71. The van der Waals surface area contributed by atoms with Crippen molar-refractivity contribution in [1.29, 1.82) is 0 Å². The Kier molecular flexibility index (Phi) is 3.36. The molecule has 2 rings (SSSR count). The molecule has 2 heteroatoms. The topological polar surface area (TPSA) is 29.3 Å². The third-order valence-corrected chi connectivity index (χ3v) is 4.47. The highest BCUT2D eigenvalue weighted by Crippen LogP contribution is 2.39. The number of rotatable bonds is 1. The summed E-state index contributed by atoms with van der Waals surface area (Å²) in [5.41, 5.74) is 6.49. The quantitative estimate of drug-likeness (QED) is 0.720. The molecule has 0 bridgehead atoms. The zero-order valence-corrected chi connectivity index (χ0v) is 10.3. The molecular formula is C13H26N2. The largest absolute Gasteiger partial charge is 0.328 e. The highest BCUT2D eigenvalue weighted by molar-refractivity contribution is 4.91. The fraction of sp³-hybridized carbons (Fsp3) is 1.00. The van der Waals surface area contributed by atoms with Crippen molar-refractivity contribution in [2.24, 2.45) is 11.1 Å². The molecule has 1 saturated carbocycles. The van der Waals surface area contributed by atoms with E-state index in [1.807, 2.05) is 0 Å². The average Bonchev–Trinajstić information content (AvgIpc) is 2.19. The molecule has 2 N–H and O–H groups in total. The predicted octanol–water partition coefficient (Wildman–Crippen LogP) is 2.38. The summed E-state index contributed by atoms with van der Waals surface area (Å²) < 4.78 is 0. The van der Waals surface area contributed by atoms with Crippen molar-refractivity contribution in [3.63, 3.8) is 0 Å². The van der Waals surface area contributed by atoms with E-state index in [9.17, 15) is 0 Å². The molecule has 2 nitrogen and oxygen atoms in total. The van der Waals surface area contributed by atoms with Crippen LogP contribution in [-0.4, -0.2) is 30.1 Å². The zero-order chi connectivity index (χ0) is 10.9. The second-order valence-electron chi connectivity index (χ2n) is 6.12. The minimum atomic E-state index is 0.466. The van der Waals surface area contributed by atoms with Crippen LogP contribution in [0, 0.1) is 5.41 Å². The van der Waals surface area contributed by atoms with Gasteiger partial charge >= 0.3 is 0 Å². The second-order valence-corrected chi connectivity index (χ2v) is 6.12. The van der Waals surface area contributed by atoms with Crippen LogP contribution in [-0.2, 0) is 0 Å². The molecule has 0 spiro atoms. The highest BCUT2D eigenvalue weighted by Gasteiger charge is 2.36. The van der Waals surface area contributed by atoms with Crippen molar-refractivity contribution >= 4 is 0 Å². The standard InChI is InChI=1S/C13H26N2/c1-13(2)8-4-3-5-12(13)15-9-6-11(14)7-10-15/h11-12H,3-10,14H2,1-2H3. The first-order valence-corrected chi connectivity index (χ1v) is 6.59. The minimum absolute atomic E-state index is 0.466. The second kappa shape index (κ2) is 4.42. The van der Waals surface area contributed by atoms with Gasteiger partial charge in [0, 0.05) is 12.1 Å². The Morgan fingerprint density at radius 2 is 1.73 bits per heavy atom. The molecule has 1 atom stereocenters. The predicted molar refractivity (Wildman–Crippen MR) is 64.8 cm³/mol. The third kappa shape index (κ3) is 2.54. The summed E-state index contributed by atoms with van der Waals surface area (Å²) >= 11 is 0. The Morgan fingerprint density at radius 1 is 1.07 bits per heavy atom. The van der Waals surface area contributed by atoms with Crippen LogP contribution in [0.5, 0.6) is 0 Å². The third-order valence-electron chi connectivity index (χ3n) is 4.47. The van der Waals surface area contributed by atoms with Crippen LogP contribution in [0.25, 0.3) is 0 Å². The molecule has 1 unspecified atom stereocenters. The average molecular weight is 210 g/mol. The van der Waals surface area contributed by atoms with Gasteiger partial charge in [0.25, 0.3) is 0 Å². The maximum absolute atomic E-state index is 5.97. The SMILES string of the molecule is CC1(C)CCCCC1N1CCC(N)CC1. The molecule has 2 fully saturated rings. The molecule has 0 amide bonds. The normalized spacial score (nSPS) is 34.2. The van der Waals surface area contributed by atoms with Crippen molar-refractivity contribution in [3.05, 3.63) is 0 Å². The fourth-order valence-electron chi connectivity index (χ4n) is 3.38. The Morgan fingerprint density at radius 3 is 2.33 bits per heavy atom. The Labute approximate surface area is 94.2 Å². The van der Waals surface area contributed by atoms with E-state index in [0.717, 1.165) is 6.04 Å². The van der Waals surface area contributed by atoms with Crippen molar-refractivity contribution in [2.45, 2.75) is 64.5 Å². The number of piperidine rings is 1. The van der Waals surface area contributed by atoms with E-state index in [-0.39, 0.29) is 0 Å². The highest BCUT2D eigenvalue weighted by atomic mass is 15.2. The molecule has 1 aliphatic heterocycles. The van der Waals surface area contributed by atoms with Crippen molar-refractivity contribution in [3.8, 4) is 0 Å². The summed E-state index contributed by atoms with van der Waals surface area (Å²) in [6.07, 6.45) is 8.06. The van der Waals surface area contributed by atoms with E-state index in [1.165, 1.54) is 51.6 Å². The van der Waals surface area contributed by atoms with Gasteiger partial charge in [0.2, 0.25) is 0 Å². The Balaban J connectivity index is 1.96. The van der Waals surface area contributed by atoms with Crippen LogP contribution >= 0.6 is 0 Å². The number of nitrogens with zero attached hydrogens (tertiary/aromatic N) is 1. The first-order valence-electron chi connectivity index (χ1n) is 6.59. The lowest BCUT2D eigenvalue weighted by Crippen LogP contribution is -2.51. The van der Waals surface area contributed by atoms with Gasteiger partial charge in [0.15, 0.2) is 0 Å². The molecule has 0 radical (unpaired) electrons. The van der Waals surface area contributed by atoms with E-state index in [2.05, 4.69) is 18.7 Å². The van der Waals surface area contributed by atoms with Crippen LogP contribution in [0.3, 0.4) is 0 Å². The fourth-order valence-corrected chi connectivity index (χ4v) is 3.38. The number of likely N-dealkylation sites (tertiary alicyclic amines) is 1. The number of nitrogens with two attached hydrogens (primary N) is 1. The molecule has 0 aromatic carbocycles. The molecule has 1 heterocycles. The van der Waals surface area contributed by atoms with Crippen molar-refractivity contribution in [1.82, 2.24) is 4.90 Å². The van der Waals surface area contributed by atoms with Crippen molar-refractivity contribution < 1.29 is 0 Å². The van der Waals surface area contributed by atoms with Crippen LogP contribution < -0.4 is 5.73 Å². The zero-order valence-electron chi connectivity index (χ0n) is 10.3. The van der Waals surface area contributed by atoms with E-state index >= 15 is 0 Å². The molecule has 0 aromatic rings. The lowest BCUT2D eigenvalue weighted by molar-refractivity contribution is 0.0327. The lowest BCUT2D eigenvalue weighted by atomic mass is 9.72. The Bertz CT molecular complexity index is 205. The molecule has 0 aromatic heterocycles. The van der Waals surface area contributed by atoms with Gasteiger partial charge in [-0.05, 0) is 44.2 Å². The first-order chi connectivity index (χ1) is 7.09. The molecule has 1 aliphatic carbocycles. The monoisotopic (exact) mass is 210 g/mol. The van der Waals surface area contributed by atoms with E-state index in [4.69, 9.17) is 5.73 Å². The van der Waals surface area contributed by atoms with Gasteiger partial charge in [-0.15, -0.1) is 0 Å². The summed E-state index contributed by atoms with van der Waals surface area (Å²) in [7, 11) is 0. The van der Waals surface area contributed by atoms with Crippen LogP contribution in [0.2, 0.25) is 0 Å². The van der Waals surface area contributed by atoms with Gasteiger partial charge in [-0.2, -0.15) is 0 Å². The molecule has 15 heavy (non-hydrogen) atoms. The maximum atomic E-state index is 5.97. The minimum Gasteiger partial charge on any atom is -0.328 e. The van der Waals surface area contributed by atoms with E-state index < -0.39 is 0 Å². The van der Waals surface area contributed by atoms with Gasteiger partial charge in [0.05, 0.1) is 0 Å². The lowest BCUT2D eigenvalue weighted by Gasteiger charge is -2.47. The van der Waals surface area contributed by atoms with E-state index in [0.29, 0.717) is 11.5 Å². The van der Waals surface area contributed by atoms with Gasteiger partial charge in [-0.3, -0.25) is 4.90 Å². The van der Waals surface area contributed by atoms with Crippen molar-refractivity contribution in [2.75, 3.05) is 13.1 Å². The smallest absolute Gasteiger partial charge is 0.0146 e. The van der Waals surface area contributed by atoms with Gasteiger partial charge < -0.3 is 5.73 Å². The summed E-state index contributed by atoms with van der Waals surface area (Å²) in [6, 6.07) is 1.28. The molecule has 88 valence electrons. The maximum Gasteiger partial charge on any atom is 0.0146 e.